The van der Waals surface area contributed by atoms with E-state index < -0.39 is 24.0 Å². The number of ether oxygens (including phenoxy) is 1. The van der Waals surface area contributed by atoms with Crippen LogP contribution in [0.3, 0.4) is 0 Å². The molecule has 0 bridgehead atoms. The maximum Gasteiger partial charge on any atom is 0.280 e. The van der Waals surface area contributed by atoms with E-state index in [0.717, 1.165) is 0 Å². The van der Waals surface area contributed by atoms with Gasteiger partial charge in [0.1, 0.15) is 12.3 Å². The molecule has 0 radical (unpaired) electrons. The number of para-hydroxylation sites is 1. The summed E-state index contributed by atoms with van der Waals surface area (Å²) < 4.78 is 7.25. The van der Waals surface area contributed by atoms with Gasteiger partial charge in [0.15, 0.2) is 11.2 Å². The van der Waals surface area contributed by atoms with Gasteiger partial charge in [0.25, 0.3) is 5.56 Å². The lowest BCUT2D eigenvalue weighted by Crippen LogP contribution is -2.24. The molecule has 0 aliphatic carbocycles. The Bertz CT molecular complexity index is 1050. The lowest BCUT2D eigenvalue weighted by Gasteiger charge is -2.17. The van der Waals surface area contributed by atoms with Gasteiger partial charge in [0.05, 0.1) is 23.4 Å². The van der Waals surface area contributed by atoms with Crippen LogP contribution in [0.1, 0.15) is 12.6 Å². The lowest BCUT2D eigenvalue weighted by molar-refractivity contribution is -0.0425. The van der Waals surface area contributed by atoms with Gasteiger partial charge in [-0.05, 0) is 12.1 Å². The number of imidazole rings is 1. The van der Waals surface area contributed by atoms with E-state index in [0.29, 0.717) is 10.7 Å². The van der Waals surface area contributed by atoms with Crippen LogP contribution in [-0.2, 0) is 4.74 Å². The summed E-state index contributed by atoms with van der Waals surface area (Å²) >= 11 is 6.20. The van der Waals surface area contributed by atoms with Crippen LogP contribution in [0, 0.1) is 0 Å². The fourth-order valence-corrected chi connectivity index (χ4v) is 3.27. The standard InChI is InChI=1S/C16H17ClN6O4/c17-7-3-1-2-4-8(7)19-16-20-12-13(21-15(18)22-14(12)26)23(16)11-5-9(25)10(6-24)27-11/h1-4,9-11,24-25H,5-6H2,(H,19,20)(H3,18,21,22,26). The molecule has 0 spiro atoms. The Labute approximate surface area is 157 Å². The van der Waals surface area contributed by atoms with Gasteiger partial charge < -0.3 is 26.0 Å². The number of hydrogen-bond donors (Lipinski definition) is 5. The van der Waals surface area contributed by atoms with Crippen LogP contribution in [0.2, 0.25) is 5.02 Å². The highest BCUT2D eigenvalue weighted by atomic mass is 35.5. The third-order valence-electron chi connectivity index (χ3n) is 4.36. The number of nitrogens with zero attached hydrogens (tertiary/aromatic N) is 3. The summed E-state index contributed by atoms with van der Waals surface area (Å²) in [6.45, 7) is -0.340. The Morgan fingerprint density at radius 3 is 2.89 bits per heavy atom. The minimum atomic E-state index is -0.870. The normalized spacial score (nSPS) is 22.4. The lowest BCUT2D eigenvalue weighted by atomic mass is 10.2. The first kappa shape index (κ1) is 17.7. The van der Waals surface area contributed by atoms with E-state index in [4.69, 9.17) is 22.1 Å². The Morgan fingerprint density at radius 1 is 1.41 bits per heavy atom. The van der Waals surface area contributed by atoms with Gasteiger partial charge in [-0.1, -0.05) is 23.7 Å². The van der Waals surface area contributed by atoms with Crippen molar-refractivity contribution in [3.05, 3.63) is 39.6 Å². The third-order valence-corrected chi connectivity index (χ3v) is 4.69. The molecule has 1 aromatic carbocycles. The van der Waals surface area contributed by atoms with Crippen LogP contribution in [0.4, 0.5) is 17.6 Å². The van der Waals surface area contributed by atoms with E-state index >= 15 is 0 Å². The first-order valence-corrected chi connectivity index (χ1v) is 8.59. The highest BCUT2D eigenvalue weighted by Gasteiger charge is 2.37. The van der Waals surface area contributed by atoms with Gasteiger partial charge in [0, 0.05) is 6.42 Å². The number of fused-ring (bicyclic) bond motifs is 1. The molecule has 0 saturated carbocycles. The third kappa shape index (κ3) is 3.12. The number of aliphatic hydroxyl groups is 2. The molecule has 4 rings (SSSR count). The Morgan fingerprint density at radius 2 is 2.19 bits per heavy atom. The van der Waals surface area contributed by atoms with Crippen molar-refractivity contribution in [3.8, 4) is 0 Å². The molecule has 3 unspecified atom stereocenters. The van der Waals surface area contributed by atoms with E-state index in [9.17, 15) is 15.0 Å². The smallest absolute Gasteiger partial charge is 0.280 e. The van der Waals surface area contributed by atoms with Crippen LogP contribution >= 0.6 is 11.6 Å². The SMILES string of the molecule is Nc1nc2c(nc(Nc3ccccc3Cl)n2C2CC(O)C(CO)O2)c(=O)[nH]1. The molecule has 142 valence electrons. The van der Waals surface area contributed by atoms with E-state index in [1.165, 1.54) is 4.57 Å². The summed E-state index contributed by atoms with van der Waals surface area (Å²) in [7, 11) is 0. The molecule has 0 amide bonds. The highest BCUT2D eigenvalue weighted by molar-refractivity contribution is 6.33. The molecule has 10 nitrogen and oxygen atoms in total. The molecule has 2 aromatic heterocycles. The largest absolute Gasteiger partial charge is 0.394 e. The zero-order valence-corrected chi connectivity index (χ0v) is 14.7. The summed E-state index contributed by atoms with van der Waals surface area (Å²) in [5.41, 5.74) is 6.00. The van der Waals surface area contributed by atoms with Crippen molar-refractivity contribution in [2.45, 2.75) is 24.9 Å². The predicted molar refractivity (Wildman–Crippen MR) is 98.9 cm³/mol. The Hall–Kier alpha value is -2.66. The number of aromatic nitrogens is 4. The molecule has 27 heavy (non-hydrogen) atoms. The summed E-state index contributed by atoms with van der Waals surface area (Å²) in [5.74, 6) is 0.174. The summed E-state index contributed by atoms with van der Waals surface area (Å²) in [4.78, 5) is 23.1. The maximum atomic E-state index is 12.2. The molecular formula is C16H17ClN6O4. The number of halogens is 1. The number of aliphatic hydroxyl groups excluding tert-OH is 2. The molecule has 1 fully saturated rings. The molecule has 11 heteroatoms. The Kier molecular flexibility index (Phi) is 4.48. The minimum Gasteiger partial charge on any atom is -0.394 e. The number of rotatable bonds is 4. The van der Waals surface area contributed by atoms with Crippen LogP contribution in [-0.4, -0.2) is 48.5 Å². The molecule has 1 aliphatic rings. The molecule has 3 aromatic rings. The number of hydrogen-bond acceptors (Lipinski definition) is 8. The average Bonchev–Trinajstić information content (AvgIpc) is 3.17. The van der Waals surface area contributed by atoms with Gasteiger partial charge in [-0.15, -0.1) is 0 Å². The second-order valence-corrected chi connectivity index (χ2v) is 6.56. The first-order chi connectivity index (χ1) is 13.0. The van der Waals surface area contributed by atoms with Gasteiger partial charge >= 0.3 is 0 Å². The maximum absolute atomic E-state index is 12.2. The van der Waals surface area contributed by atoms with Crippen molar-refractivity contribution in [1.29, 1.82) is 0 Å². The van der Waals surface area contributed by atoms with Crippen molar-refractivity contribution in [2.75, 3.05) is 17.7 Å². The molecule has 1 saturated heterocycles. The second kappa shape index (κ2) is 6.82. The van der Waals surface area contributed by atoms with Crippen molar-refractivity contribution in [3.63, 3.8) is 0 Å². The molecule has 6 N–H and O–H groups in total. The quantitative estimate of drug-likeness (QED) is 0.436. The number of H-pyrrole nitrogens is 1. The molecule has 3 heterocycles. The zero-order valence-electron chi connectivity index (χ0n) is 14.0. The number of nitrogens with one attached hydrogen (secondary N) is 2. The van der Waals surface area contributed by atoms with Gasteiger partial charge in [-0.3, -0.25) is 14.3 Å². The van der Waals surface area contributed by atoms with E-state index in [2.05, 4.69) is 20.3 Å². The van der Waals surface area contributed by atoms with Crippen molar-refractivity contribution in [2.24, 2.45) is 0 Å². The fourth-order valence-electron chi connectivity index (χ4n) is 3.08. The minimum absolute atomic E-state index is 0.0595. The Balaban J connectivity index is 1.86. The molecule has 1 aliphatic heterocycles. The van der Waals surface area contributed by atoms with Gasteiger partial charge in [-0.2, -0.15) is 4.98 Å². The number of benzene rings is 1. The zero-order chi connectivity index (χ0) is 19.1. The van der Waals surface area contributed by atoms with Crippen molar-refractivity contribution in [1.82, 2.24) is 19.5 Å². The van der Waals surface area contributed by atoms with Crippen LogP contribution in [0.5, 0.6) is 0 Å². The highest BCUT2D eigenvalue weighted by Crippen LogP contribution is 2.35. The number of anilines is 3. The van der Waals surface area contributed by atoms with Crippen molar-refractivity contribution >= 4 is 40.3 Å². The monoisotopic (exact) mass is 392 g/mol. The molecular weight excluding hydrogens is 376 g/mol. The van der Waals surface area contributed by atoms with E-state index in [1.807, 2.05) is 0 Å². The fraction of sp³-hybridized carbons (Fsp3) is 0.312. The van der Waals surface area contributed by atoms with E-state index in [1.54, 1.807) is 24.3 Å². The van der Waals surface area contributed by atoms with Gasteiger partial charge in [-0.25, -0.2) is 4.98 Å². The second-order valence-electron chi connectivity index (χ2n) is 6.15. The summed E-state index contributed by atoms with van der Waals surface area (Å²) in [5, 5.41) is 23.0. The average molecular weight is 393 g/mol. The van der Waals surface area contributed by atoms with E-state index in [-0.39, 0.29) is 36.1 Å². The predicted octanol–water partition coefficient (Wildman–Crippen LogP) is 0.739. The number of nitrogens with two attached hydrogens (primary N) is 1. The molecule has 3 atom stereocenters. The van der Waals surface area contributed by atoms with Crippen LogP contribution in [0.25, 0.3) is 11.2 Å². The summed E-state index contributed by atoms with van der Waals surface area (Å²) in [6, 6.07) is 7.03. The summed E-state index contributed by atoms with van der Waals surface area (Å²) in [6.07, 6.45) is -2.15. The first-order valence-electron chi connectivity index (χ1n) is 8.21. The van der Waals surface area contributed by atoms with Crippen LogP contribution < -0.4 is 16.6 Å². The topological polar surface area (TPSA) is 151 Å². The van der Waals surface area contributed by atoms with Crippen molar-refractivity contribution < 1.29 is 14.9 Å². The van der Waals surface area contributed by atoms with Gasteiger partial charge in [0.2, 0.25) is 11.9 Å². The van der Waals surface area contributed by atoms with Crippen LogP contribution in [0.15, 0.2) is 29.1 Å². The number of nitrogen functional groups attached to an aromatic ring is 1. The number of aromatic amines is 1.